The summed E-state index contributed by atoms with van der Waals surface area (Å²) in [7, 11) is 0. The Morgan fingerprint density at radius 3 is 1.97 bits per heavy atom. The topological polar surface area (TPSA) is 35.5 Å². The Morgan fingerprint density at radius 1 is 0.800 bits per heavy atom. The number of hydrogen-bond acceptors (Lipinski definition) is 3. The van der Waals surface area contributed by atoms with Gasteiger partial charge in [0, 0.05) is 0 Å². The summed E-state index contributed by atoms with van der Waals surface area (Å²) in [6.07, 6.45) is 7.27. The molecule has 0 radical (unpaired) electrons. The second-order valence-corrected chi connectivity index (χ2v) is 7.73. The van der Waals surface area contributed by atoms with E-state index in [-0.39, 0.29) is 6.42 Å². The zero-order chi connectivity index (χ0) is 21.6. The van der Waals surface area contributed by atoms with Crippen LogP contribution in [0.25, 0.3) is 11.1 Å². The number of rotatable bonds is 14. The van der Waals surface area contributed by atoms with Crippen LogP contribution in [-0.2, 0) is 4.79 Å². The highest BCUT2D eigenvalue weighted by Crippen LogP contribution is 2.25. The van der Waals surface area contributed by atoms with Crippen molar-refractivity contribution in [3.8, 4) is 22.6 Å². The highest BCUT2D eigenvalue weighted by atomic mass is 19.1. The van der Waals surface area contributed by atoms with Crippen LogP contribution in [0.3, 0.4) is 0 Å². The number of carbonyl (C=O) groups is 1. The molecule has 0 amide bonds. The molecular weight excluding hydrogens is 379 g/mol. The molecule has 0 spiro atoms. The molecule has 0 fully saturated rings. The van der Waals surface area contributed by atoms with Gasteiger partial charge in [0.1, 0.15) is 17.7 Å². The van der Waals surface area contributed by atoms with Crippen LogP contribution in [0.2, 0.25) is 0 Å². The fraction of sp³-hybridized carbons (Fsp3) is 0.500. The number of benzene rings is 2. The summed E-state index contributed by atoms with van der Waals surface area (Å²) in [4.78, 5) is 11.8. The average Bonchev–Trinajstić information content (AvgIpc) is 2.74. The van der Waals surface area contributed by atoms with Crippen molar-refractivity contribution in [2.24, 2.45) is 0 Å². The molecule has 4 heteroatoms. The molecule has 1 unspecified atom stereocenters. The Balaban J connectivity index is 1.77. The fourth-order valence-corrected chi connectivity index (χ4v) is 3.30. The van der Waals surface area contributed by atoms with Gasteiger partial charge in [-0.2, -0.15) is 0 Å². The Morgan fingerprint density at radius 2 is 1.37 bits per heavy atom. The third-order valence-corrected chi connectivity index (χ3v) is 5.03. The van der Waals surface area contributed by atoms with Gasteiger partial charge in [0.15, 0.2) is 0 Å². The van der Waals surface area contributed by atoms with Gasteiger partial charge in [0.2, 0.25) is 0 Å². The SMILES string of the molecule is CCCCCCCCOc1ccc(-c2ccc(OC(=O)CC(F)CCC)cc2)cc1. The van der Waals surface area contributed by atoms with Crippen molar-refractivity contribution < 1.29 is 18.7 Å². The lowest BCUT2D eigenvalue weighted by atomic mass is 10.1. The van der Waals surface area contributed by atoms with Crippen molar-refractivity contribution in [1.82, 2.24) is 0 Å². The summed E-state index contributed by atoms with van der Waals surface area (Å²) in [6.45, 7) is 4.88. The quantitative estimate of drug-likeness (QED) is 0.182. The van der Waals surface area contributed by atoms with Gasteiger partial charge >= 0.3 is 5.97 Å². The van der Waals surface area contributed by atoms with E-state index >= 15 is 0 Å². The maximum absolute atomic E-state index is 13.5. The van der Waals surface area contributed by atoms with Gasteiger partial charge in [-0.1, -0.05) is 76.6 Å². The molecule has 0 heterocycles. The number of carbonyl (C=O) groups excluding carboxylic acids is 1. The summed E-state index contributed by atoms with van der Waals surface area (Å²) < 4.78 is 24.6. The molecule has 0 bridgehead atoms. The Labute approximate surface area is 180 Å². The minimum atomic E-state index is -1.14. The maximum Gasteiger partial charge on any atom is 0.314 e. The summed E-state index contributed by atoms with van der Waals surface area (Å²) in [5.41, 5.74) is 2.08. The first-order valence-electron chi connectivity index (χ1n) is 11.3. The van der Waals surface area contributed by atoms with Gasteiger partial charge < -0.3 is 9.47 Å². The molecule has 0 aliphatic carbocycles. The number of ether oxygens (including phenoxy) is 2. The van der Waals surface area contributed by atoms with E-state index in [1.54, 1.807) is 12.1 Å². The Bertz CT molecular complexity index is 725. The van der Waals surface area contributed by atoms with Crippen molar-refractivity contribution in [1.29, 1.82) is 0 Å². The molecule has 0 aromatic heterocycles. The van der Waals surface area contributed by atoms with Gasteiger partial charge in [0.05, 0.1) is 13.0 Å². The minimum Gasteiger partial charge on any atom is -0.494 e. The Kier molecular flexibility index (Phi) is 11.0. The van der Waals surface area contributed by atoms with Crippen LogP contribution in [0.4, 0.5) is 4.39 Å². The molecule has 0 aliphatic heterocycles. The van der Waals surface area contributed by atoms with Crippen molar-refractivity contribution >= 4 is 5.97 Å². The van der Waals surface area contributed by atoms with Crippen LogP contribution in [-0.4, -0.2) is 18.7 Å². The molecule has 2 aromatic carbocycles. The summed E-state index contributed by atoms with van der Waals surface area (Å²) in [6, 6.07) is 15.3. The smallest absolute Gasteiger partial charge is 0.314 e. The van der Waals surface area contributed by atoms with Crippen LogP contribution in [0, 0.1) is 0 Å². The third-order valence-electron chi connectivity index (χ3n) is 5.03. The summed E-state index contributed by atoms with van der Waals surface area (Å²) in [5, 5.41) is 0. The Hall–Kier alpha value is -2.36. The van der Waals surface area contributed by atoms with Gasteiger partial charge in [-0.3, -0.25) is 4.79 Å². The molecule has 30 heavy (non-hydrogen) atoms. The van der Waals surface area contributed by atoms with Crippen molar-refractivity contribution in [2.75, 3.05) is 6.61 Å². The molecule has 2 rings (SSSR count). The fourth-order valence-electron chi connectivity index (χ4n) is 3.30. The number of hydrogen-bond donors (Lipinski definition) is 0. The van der Waals surface area contributed by atoms with Gasteiger partial charge in [-0.25, -0.2) is 4.39 Å². The van der Waals surface area contributed by atoms with E-state index in [0.29, 0.717) is 18.6 Å². The van der Waals surface area contributed by atoms with E-state index in [9.17, 15) is 9.18 Å². The van der Waals surface area contributed by atoms with Crippen LogP contribution in [0.15, 0.2) is 48.5 Å². The molecule has 0 aliphatic rings. The molecule has 0 saturated heterocycles. The standard InChI is InChI=1S/C26H35FO3/c1-3-5-6-7-8-9-19-29-24-15-11-21(12-16-24)22-13-17-25(18-14-22)30-26(28)20-23(27)10-4-2/h11-18,23H,3-10,19-20H2,1-2H3. The third kappa shape index (κ3) is 8.98. The predicted molar refractivity (Wildman–Crippen MR) is 121 cm³/mol. The first kappa shape index (κ1) is 23.9. The van der Waals surface area contributed by atoms with Crippen molar-refractivity contribution in [3.05, 3.63) is 48.5 Å². The number of halogens is 1. The second kappa shape index (κ2) is 13.8. The van der Waals surface area contributed by atoms with Gasteiger partial charge in [0.25, 0.3) is 0 Å². The lowest BCUT2D eigenvalue weighted by molar-refractivity contribution is -0.135. The molecule has 2 aromatic rings. The molecule has 0 N–H and O–H groups in total. The highest BCUT2D eigenvalue weighted by molar-refractivity contribution is 5.73. The van der Waals surface area contributed by atoms with Crippen LogP contribution in [0.1, 0.15) is 71.6 Å². The minimum absolute atomic E-state index is 0.199. The second-order valence-electron chi connectivity index (χ2n) is 7.73. The van der Waals surface area contributed by atoms with Gasteiger partial charge in [-0.05, 0) is 48.2 Å². The molecule has 1 atom stereocenters. The molecular formula is C26H35FO3. The maximum atomic E-state index is 13.5. The normalized spacial score (nSPS) is 11.8. The first-order chi connectivity index (χ1) is 14.6. The van der Waals surface area contributed by atoms with Gasteiger partial charge in [-0.15, -0.1) is 0 Å². The summed E-state index contributed by atoms with van der Waals surface area (Å²) in [5.74, 6) is 0.785. The monoisotopic (exact) mass is 414 g/mol. The molecule has 0 saturated carbocycles. The van der Waals surface area contributed by atoms with Crippen LogP contribution in [0.5, 0.6) is 11.5 Å². The zero-order valence-corrected chi connectivity index (χ0v) is 18.4. The number of alkyl halides is 1. The van der Waals surface area contributed by atoms with E-state index in [4.69, 9.17) is 9.47 Å². The van der Waals surface area contributed by atoms with Crippen LogP contribution < -0.4 is 9.47 Å². The number of unbranched alkanes of at least 4 members (excludes halogenated alkanes) is 5. The van der Waals surface area contributed by atoms with Crippen LogP contribution >= 0.6 is 0 Å². The zero-order valence-electron chi connectivity index (χ0n) is 18.4. The van der Waals surface area contributed by atoms with Crippen molar-refractivity contribution in [3.63, 3.8) is 0 Å². The molecule has 164 valence electrons. The summed E-state index contributed by atoms with van der Waals surface area (Å²) >= 11 is 0. The molecule has 3 nitrogen and oxygen atoms in total. The highest BCUT2D eigenvalue weighted by Gasteiger charge is 2.13. The lowest BCUT2D eigenvalue weighted by Gasteiger charge is -2.09. The predicted octanol–water partition coefficient (Wildman–Crippen LogP) is 7.53. The van der Waals surface area contributed by atoms with E-state index in [1.165, 1.54) is 32.1 Å². The average molecular weight is 415 g/mol. The lowest BCUT2D eigenvalue weighted by Crippen LogP contribution is -2.14. The number of esters is 1. The first-order valence-corrected chi connectivity index (χ1v) is 11.3. The van der Waals surface area contributed by atoms with E-state index in [1.807, 2.05) is 43.3 Å². The van der Waals surface area contributed by atoms with Crippen molar-refractivity contribution in [2.45, 2.75) is 77.8 Å². The van der Waals surface area contributed by atoms with E-state index in [0.717, 1.165) is 29.9 Å². The largest absolute Gasteiger partial charge is 0.494 e. The van der Waals surface area contributed by atoms with E-state index in [2.05, 4.69) is 6.92 Å². The van der Waals surface area contributed by atoms with E-state index < -0.39 is 12.1 Å².